The lowest BCUT2D eigenvalue weighted by Gasteiger charge is -2.16. The number of amides is 1. The second kappa shape index (κ2) is 6.81. The van der Waals surface area contributed by atoms with Crippen molar-refractivity contribution in [1.29, 1.82) is 0 Å². The highest BCUT2D eigenvalue weighted by Gasteiger charge is 2.22. The summed E-state index contributed by atoms with van der Waals surface area (Å²) < 4.78 is 0. The summed E-state index contributed by atoms with van der Waals surface area (Å²) in [6.45, 7) is 0. The largest absolute Gasteiger partial charge is 0.289 e. The van der Waals surface area contributed by atoms with E-state index >= 15 is 0 Å². The molecule has 0 radical (unpaired) electrons. The smallest absolute Gasteiger partial charge is 0.255 e. The first-order valence-corrected chi connectivity index (χ1v) is 7.14. The quantitative estimate of drug-likeness (QED) is 0.574. The lowest BCUT2D eigenvalue weighted by atomic mass is 9.90. The summed E-state index contributed by atoms with van der Waals surface area (Å²) >= 11 is 0. The standard InChI is InChI=1S/C18H15N3O2/c22-18(21-23)17(14-4-2-1-3-5-14)15-8-6-13(7-9-15)16-10-19-12-20-11-16/h1-12,17,23H,(H,21,22). The van der Waals surface area contributed by atoms with Crippen LogP contribution in [0.5, 0.6) is 0 Å². The number of carbonyl (C=O) groups is 1. The van der Waals surface area contributed by atoms with E-state index in [1.165, 1.54) is 6.33 Å². The third kappa shape index (κ3) is 3.25. The third-order valence-electron chi connectivity index (χ3n) is 3.64. The van der Waals surface area contributed by atoms with Crippen molar-refractivity contribution in [2.24, 2.45) is 0 Å². The molecule has 3 aromatic rings. The molecule has 1 aromatic heterocycles. The number of rotatable bonds is 4. The van der Waals surface area contributed by atoms with Crippen LogP contribution in [-0.2, 0) is 4.79 Å². The van der Waals surface area contributed by atoms with Crippen molar-refractivity contribution in [1.82, 2.24) is 15.4 Å². The Kier molecular flexibility index (Phi) is 4.40. The Morgan fingerprint density at radius 3 is 2.09 bits per heavy atom. The molecule has 0 spiro atoms. The number of hydrogen-bond donors (Lipinski definition) is 2. The highest BCUT2D eigenvalue weighted by molar-refractivity contribution is 5.86. The van der Waals surface area contributed by atoms with Crippen LogP contribution in [-0.4, -0.2) is 21.1 Å². The highest BCUT2D eigenvalue weighted by atomic mass is 16.5. The van der Waals surface area contributed by atoms with Gasteiger partial charge in [0.25, 0.3) is 5.91 Å². The van der Waals surface area contributed by atoms with Crippen LogP contribution in [0.25, 0.3) is 11.1 Å². The molecule has 114 valence electrons. The van der Waals surface area contributed by atoms with E-state index in [1.807, 2.05) is 54.6 Å². The monoisotopic (exact) mass is 305 g/mol. The fourth-order valence-electron chi connectivity index (χ4n) is 2.52. The molecule has 3 rings (SSSR count). The van der Waals surface area contributed by atoms with Gasteiger partial charge in [-0.1, -0.05) is 54.6 Å². The summed E-state index contributed by atoms with van der Waals surface area (Å²) in [6, 6.07) is 16.9. The van der Waals surface area contributed by atoms with Crippen molar-refractivity contribution in [2.75, 3.05) is 0 Å². The average Bonchev–Trinajstić information content (AvgIpc) is 2.64. The zero-order valence-corrected chi connectivity index (χ0v) is 12.3. The minimum Gasteiger partial charge on any atom is -0.289 e. The molecule has 2 aromatic carbocycles. The van der Waals surface area contributed by atoms with Gasteiger partial charge < -0.3 is 0 Å². The molecular formula is C18H15N3O2. The number of hydrogen-bond acceptors (Lipinski definition) is 4. The second-order valence-electron chi connectivity index (χ2n) is 5.07. The minimum absolute atomic E-state index is 0.466. The van der Waals surface area contributed by atoms with Crippen molar-refractivity contribution in [2.45, 2.75) is 5.92 Å². The predicted molar refractivity (Wildman–Crippen MR) is 85.7 cm³/mol. The Labute approximate surface area is 133 Å². The Bertz CT molecular complexity index is 774. The Balaban J connectivity index is 1.96. The van der Waals surface area contributed by atoms with Gasteiger partial charge in [-0.05, 0) is 16.7 Å². The molecule has 0 saturated carbocycles. The molecular weight excluding hydrogens is 290 g/mol. The van der Waals surface area contributed by atoms with Crippen LogP contribution in [0.15, 0.2) is 73.3 Å². The van der Waals surface area contributed by atoms with Gasteiger partial charge >= 0.3 is 0 Å². The first-order chi connectivity index (χ1) is 11.3. The van der Waals surface area contributed by atoms with E-state index < -0.39 is 11.8 Å². The molecule has 23 heavy (non-hydrogen) atoms. The summed E-state index contributed by atoms with van der Waals surface area (Å²) in [5.74, 6) is -1.03. The summed E-state index contributed by atoms with van der Waals surface area (Å²) in [4.78, 5) is 20.1. The van der Waals surface area contributed by atoms with Gasteiger partial charge in [0, 0.05) is 18.0 Å². The zero-order valence-electron chi connectivity index (χ0n) is 12.3. The molecule has 1 atom stereocenters. The number of nitrogens with zero attached hydrogens (tertiary/aromatic N) is 2. The molecule has 0 aliphatic carbocycles. The van der Waals surface area contributed by atoms with Gasteiger partial charge in [0.2, 0.25) is 0 Å². The van der Waals surface area contributed by atoms with E-state index in [9.17, 15) is 4.79 Å². The van der Waals surface area contributed by atoms with Crippen molar-refractivity contribution < 1.29 is 10.0 Å². The summed E-state index contributed by atoms with van der Waals surface area (Å²) in [5.41, 5.74) is 5.23. The van der Waals surface area contributed by atoms with Crippen molar-refractivity contribution >= 4 is 5.91 Å². The Morgan fingerprint density at radius 1 is 0.870 bits per heavy atom. The molecule has 0 aliphatic heterocycles. The maximum absolute atomic E-state index is 12.1. The van der Waals surface area contributed by atoms with E-state index in [4.69, 9.17) is 5.21 Å². The van der Waals surface area contributed by atoms with Gasteiger partial charge in [0.05, 0.1) is 5.92 Å². The lowest BCUT2D eigenvalue weighted by Crippen LogP contribution is -2.27. The molecule has 5 nitrogen and oxygen atoms in total. The summed E-state index contributed by atoms with van der Waals surface area (Å²) in [6.07, 6.45) is 4.95. The van der Waals surface area contributed by atoms with Crippen LogP contribution in [0.4, 0.5) is 0 Å². The zero-order chi connectivity index (χ0) is 16.1. The van der Waals surface area contributed by atoms with Gasteiger partial charge in [-0.3, -0.25) is 10.0 Å². The van der Waals surface area contributed by atoms with Crippen LogP contribution < -0.4 is 5.48 Å². The van der Waals surface area contributed by atoms with Gasteiger partial charge in [0.15, 0.2) is 0 Å². The number of benzene rings is 2. The molecule has 2 N–H and O–H groups in total. The Morgan fingerprint density at radius 2 is 1.48 bits per heavy atom. The molecule has 0 fully saturated rings. The number of carbonyl (C=O) groups excluding carboxylic acids is 1. The number of nitrogens with one attached hydrogen (secondary N) is 1. The van der Waals surface area contributed by atoms with Gasteiger partial charge in [-0.25, -0.2) is 15.4 Å². The third-order valence-corrected chi connectivity index (χ3v) is 3.64. The second-order valence-corrected chi connectivity index (χ2v) is 5.07. The SMILES string of the molecule is O=C(NO)C(c1ccccc1)c1ccc(-c2cncnc2)cc1. The maximum Gasteiger partial charge on any atom is 0.255 e. The van der Waals surface area contributed by atoms with Gasteiger partial charge in [-0.2, -0.15) is 0 Å². The van der Waals surface area contributed by atoms with E-state index in [1.54, 1.807) is 17.9 Å². The number of hydroxylamine groups is 1. The predicted octanol–water partition coefficient (Wildman–Crippen LogP) is 2.78. The molecule has 1 unspecified atom stereocenters. The average molecular weight is 305 g/mol. The molecule has 0 saturated heterocycles. The lowest BCUT2D eigenvalue weighted by molar-refractivity contribution is -0.129. The molecule has 5 heteroatoms. The molecule has 0 aliphatic rings. The number of aromatic nitrogens is 2. The van der Waals surface area contributed by atoms with E-state index in [-0.39, 0.29) is 0 Å². The first-order valence-electron chi connectivity index (χ1n) is 7.14. The van der Waals surface area contributed by atoms with Crippen molar-refractivity contribution in [3.8, 4) is 11.1 Å². The van der Waals surface area contributed by atoms with E-state index in [0.717, 1.165) is 22.3 Å². The van der Waals surface area contributed by atoms with E-state index in [0.29, 0.717) is 0 Å². The van der Waals surface area contributed by atoms with Crippen LogP contribution in [0, 0.1) is 0 Å². The highest BCUT2D eigenvalue weighted by Crippen LogP contribution is 2.27. The first kappa shape index (κ1) is 14.9. The van der Waals surface area contributed by atoms with Crippen LogP contribution in [0.2, 0.25) is 0 Å². The van der Waals surface area contributed by atoms with Crippen LogP contribution in [0.1, 0.15) is 17.0 Å². The molecule has 1 heterocycles. The fraction of sp³-hybridized carbons (Fsp3) is 0.0556. The Hall–Kier alpha value is -3.05. The minimum atomic E-state index is -0.567. The van der Waals surface area contributed by atoms with Gasteiger partial charge in [-0.15, -0.1) is 0 Å². The van der Waals surface area contributed by atoms with Crippen LogP contribution in [0.3, 0.4) is 0 Å². The topological polar surface area (TPSA) is 75.1 Å². The molecule has 1 amide bonds. The van der Waals surface area contributed by atoms with Crippen molar-refractivity contribution in [3.63, 3.8) is 0 Å². The maximum atomic E-state index is 12.1. The summed E-state index contributed by atoms with van der Waals surface area (Å²) in [5, 5.41) is 9.04. The normalized spacial score (nSPS) is 11.7. The molecule has 0 bridgehead atoms. The van der Waals surface area contributed by atoms with Crippen molar-refractivity contribution in [3.05, 3.63) is 84.4 Å². The fourth-order valence-corrected chi connectivity index (χ4v) is 2.52. The van der Waals surface area contributed by atoms with Gasteiger partial charge in [0.1, 0.15) is 6.33 Å². The van der Waals surface area contributed by atoms with E-state index in [2.05, 4.69) is 9.97 Å². The summed E-state index contributed by atoms with van der Waals surface area (Å²) in [7, 11) is 0. The van der Waals surface area contributed by atoms with Crippen LogP contribution >= 0.6 is 0 Å².